The molecule has 0 fully saturated rings. The van der Waals surface area contributed by atoms with Crippen molar-refractivity contribution in [3.63, 3.8) is 0 Å². The third-order valence-corrected chi connectivity index (χ3v) is 4.60. The molecule has 0 amide bonds. The van der Waals surface area contributed by atoms with Gasteiger partial charge in [0.25, 0.3) is 0 Å². The largest absolute Gasteiger partial charge is 0.248 e. The van der Waals surface area contributed by atoms with Gasteiger partial charge >= 0.3 is 0 Å². The van der Waals surface area contributed by atoms with E-state index in [2.05, 4.69) is 0 Å². The fraction of sp³-hybridized carbons (Fsp3) is 0.400. The summed E-state index contributed by atoms with van der Waals surface area (Å²) in [5, 5.41) is 0. The van der Waals surface area contributed by atoms with Gasteiger partial charge in [0.05, 0.1) is 9.73 Å². The van der Waals surface area contributed by atoms with E-state index in [1.165, 1.54) is 0 Å². The molecule has 0 bridgehead atoms. The van der Waals surface area contributed by atoms with Gasteiger partial charge in [-0.05, 0) is 32.9 Å². The van der Waals surface area contributed by atoms with E-state index in [1.54, 1.807) is 12.1 Å². The van der Waals surface area contributed by atoms with Crippen molar-refractivity contribution < 1.29 is 4.21 Å². The molecule has 72 valence electrons. The van der Waals surface area contributed by atoms with Crippen LogP contribution in [-0.2, 0) is 9.73 Å². The smallest absolute Gasteiger partial charge is 0.0776 e. The lowest BCUT2D eigenvalue weighted by molar-refractivity contribution is 0.637. The van der Waals surface area contributed by atoms with Crippen molar-refractivity contribution >= 4 is 9.73 Å². The first-order valence-corrected chi connectivity index (χ1v) is 5.75. The first kappa shape index (κ1) is 10.3. The van der Waals surface area contributed by atoms with Gasteiger partial charge in [0.1, 0.15) is 0 Å². The van der Waals surface area contributed by atoms with Crippen LogP contribution in [0.2, 0.25) is 0 Å². The molecule has 2 nitrogen and oxygen atoms in total. The van der Waals surface area contributed by atoms with Crippen LogP contribution in [0.25, 0.3) is 0 Å². The maximum absolute atomic E-state index is 12.1. The fourth-order valence-electron chi connectivity index (χ4n) is 0.966. The Hall–Kier alpha value is -0.830. The molecule has 0 aliphatic heterocycles. The Kier molecular flexibility index (Phi) is 2.48. The lowest BCUT2D eigenvalue weighted by Crippen LogP contribution is -2.26. The third-order valence-electron chi connectivity index (χ3n) is 1.94. The van der Waals surface area contributed by atoms with Crippen LogP contribution in [-0.4, -0.2) is 8.96 Å². The molecule has 1 unspecified atom stereocenters. The van der Waals surface area contributed by atoms with Gasteiger partial charge in [-0.1, -0.05) is 18.2 Å². The highest BCUT2D eigenvalue weighted by molar-refractivity contribution is 7.93. The normalized spacial score (nSPS) is 16.5. The van der Waals surface area contributed by atoms with Crippen LogP contribution < -0.4 is 0 Å². The Bertz CT molecular complexity index is 373. The second kappa shape index (κ2) is 3.14. The Morgan fingerprint density at radius 1 is 1.15 bits per heavy atom. The number of nitrogens with one attached hydrogen (secondary N) is 1. The highest BCUT2D eigenvalue weighted by Gasteiger charge is 2.26. The van der Waals surface area contributed by atoms with E-state index >= 15 is 0 Å². The molecule has 1 aromatic carbocycles. The van der Waals surface area contributed by atoms with Crippen LogP contribution in [0.1, 0.15) is 20.8 Å². The zero-order valence-corrected chi connectivity index (χ0v) is 9.02. The van der Waals surface area contributed by atoms with Gasteiger partial charge in [0.15, 0.2) is 0 Å². The molecule has 1 N–H and O–H groups in total. The molecule has 0 aromatic heterocycles. The van der Waals surface area contributed by atoms with E-state index in [-0.39, 0.29) is 0 Å². The zero-order valence-electron chi connectivity index (χ0n) is 8.20. The van der Waals surface area contributed by atoms with Gasteiger partial charge in [-0.25, -0.2) is 8.99 Å². The van der Waals surface area contributed by atoms with Gasteiger partial charge in [-0.3, -0.25) is 0 Å². The average molecular weight is 197 g/mol. The molecule has 1 rings (SSSR count). The summed E-state index contributed by atoms with van der Waals surface area (Å²) >= 11 is 0. The molecule has 13 heavy (non-hydrogen) atoms. The van der Waals surface area contributed by atoms with Crippen LogP contribution in [0.4, 0.5) is 0 Å². The monoisotopic (exact) mass is 197 g/mol. The molecular formula is C10H15NOS. The molecule has 0 heterocycles. The SMILES string of the molecule is CC(C)(C)S(=N)(=O)c1ccccc1. The number of hydrogen-bond acceptors (Lipinski definition) is 2. The molecule has 1 atom stereocenters. The van der Waals surface area contributed by atoms with Crippen molar-refractivity contribution in [2.75, 3.05) is 0 Å². The summed E-state index contributed by atoms with van der Waals surface area (Å²) in [5.41, 5.74) is 0. The second-order valence-corrected chi connectivity index (χ2v) is 6.79. The predicted octanol–water partition coefficient (Wildman–Crippen LogP) is 2.89. The van der Waals surface area contributed by atoms with Crippen LogP contribution in [0, 0.1) is 4.78 Å². The summed E-state index contributed by atoms with van der Waals surface area (Å²) in [6, 6.07) is 8.99. The van der Waals surface area contributed by atoms with Crippen molar-refractivity contribution in [3.05, 3.63) is 30.3 Å². The quantitative estimate of drug-likeness (QED) is 0.739. The van der Waals surface area contributed by atoms with Gasteiger partial charge < -0.3 is 0 Å². The molecule has 3 heteroatoms. The minimum Gasteiger partial charge on any atom is -0.248 e. The zero-order chi connectivity index (χ0) is 10.1. The van der Waals surface area contributed by atoms with Crippen LogP contribution in [0.5, 0.6) is 0 Å². The topological polar surface area (TPSA) is 40.9 Å². The fourth-order valence-corrected chi connectivity index (χ4v) is 2.21. The van der Waals surface area contributed by atoms with Gasteiger partial charge in [-0.15, -0.1) is 0 Å². The van der Waals surface area contributed by atoms with Gasteiger partial charge in [0, 0.05) is 9.64 Å². The van der Waals surface area contributed by atoms with E-state index in [4.69, 9.17) is 4.78 Å². The van der Waals surface area contributed by atoms with Crippen LogP contribution in [0.15, 0.2) is 35.2 Å². The average Bonchev–Trinajstić information content (AvgIpc) is 2.04. The van der Waals surface area contributed by atoms with Crippen molar-refractivity contribution in [3.8, 4) is 0 Å². The van der Waals surface area contributed by atoms with Crippen molar-refractivity contribution in [2.45, 2.75) is 30.4 Å². The van der Waals surface area contributed by atoms with Gasteiger partial charge in [-0.2, -0.15) is 0 Å². The highest BCUT2D eigenvalue weighted by Crippen LogP contribution is 2.24. The van der Waals surface area contributed by atoms with Crippen LogP contribution in [0.3, 0.4) is 0 Å². The lowest BCUT2D eigenvalue weighted by atomic mass is 10.3. The van der Waals surface area contributed by atoms with Crippen LogP contribution >= 0.6 is 0 Å². The molecule has 0 aliphatic carbocycles. The standard InChI is InChI=1S/C10H15NOS/c1-10(2,3)13(11,12)9-7-5-4-6-8-9/h4-8,11H,1-3H3. The lowest BCUT2D eigenvalue weighted by Gasteiger charge is -2.22. The minimum absolute atomic E-state index is 0.506. The summed E-state index contributed by atoms with van der Waals surface area (Å²) in [7, 11) is -2.68. The summed E-state index contributed by atoms with van der Waals surface area (Å²) in [6.45, 7) is 5.49. The Balaban J connectivity index is 3.26. The maximum Gasteiger partial charge on any atom is 0.0776 e. The summed E-state index contributed by atoms with van der Waals surface area (Å²) < 4.78 is 19.4. The van der Waals surface area contributed by atoms with Gasteiger partial charge in [0.2, 0.25) is 0 Å². The summed E-state index contributed by atoms with van der Waals surface area (Å²) in [5.74, 6) is 0. The predicted molar refractivity (Wildman–Crippen MR) is 55.3 cm³/mol. The Morgan fingerprint density at radius 2 is 1.62 bits per heavy atom. The van der Waals surface area contributed by atoms with Crippen molar-refractivity contribution in [1.82, 2.24) is 0 Å². The maximum atomic E-state index is 12.1. The summed E-state index contributed by atoms with van der Waals surface area (Å²) in [4.78, 5) is 0.613. The number of hydrogen-bond donors (Lipinski definition) is 1. The molecule has 0 radical (unpaired) electrons. The molecule has 0 spiro atoms. The Morgan fingerprint density at radius 3 is 2.00 bits per heavy atom. The number of rotatable bonds is 1. The van der Waals surface area contributed by atoms with Crippen molar-refractivity contribution in [1.29, 1.82) is 4.78 Å². The van der Waals surface area contributed by atoms with Crippen molar-refractivity contribution in [2.24, 2.45) is 0 Å². The van der Waals surface area contributed by atoms with E-state index in [0.29, 0.717) is 4.90 Å². The molecule has 0 saturated heterocycles. The molecule has 1 aromatic rings. The first-order valence-electron chi connectivity index (χ1n) is 4.19. The van der Waals surface area contributed by atoms with E-state index in [0.717, 1.165) is 0 Å². The molecular weight excluding hydrogens is 182 g/mol. The number of benzene rings is 1. The molecule has 0 saturated carbocycles. The minimum atomic E-state index is -2.68. The first-order chi connectivity index (χ1) is 5.86. The van der Waals surface area contributed by atoms with E-state index < -0.39 is 14.5 Å². The second-order valence-electron chi connectivity index (χ2n) is 3.98. The highest BCUT2D eigenvalue weighted by atomic mass is 32.2. The molecule has 0 aliphatic rings. The summed E-state index contributed by atoms with van der Waals surface area (Å²) in [6.07, 6.45) is 0. The Labute approximate surface area is 80.0 Å². The van der Waals surface area contributed by atoms with E-state index in [9.17, 15) is 4.21 Å². The third kappa shape index (κ3) is 1.91. The van der Waals surface area contributed by atoms with E-state index in [1.807, 2.05) is 39.0 Å².